The maximum Gasteiger partial charge on any atom is 0.345 e. The molecular formula is C20H26N2O2. The number of nitrogens with zero attached hydrogens (tertiary/aromatic N) is 1. The fourth-order valence-electron chi connectivity index (χ4n) is 2.34. The molecule has 0 radical (unpaired) electrons. The molecule has 0 aliphatic rings. The van der Waals surface area contributed by atoms with Gasteiger partial charge in [0.05, 0.1) is 6.54 Å². The molecule has 4 heteroatoms. The number of unbranched alkanes of at least 4 members (excludes halogenated alkanes) is 3. The van der Waals surface area contributed by atoms with Crippen molar-refractivity contribution in [3.63, 3.8) is 0 Å². The standard InChI is InChI=1S/C20H26N2O2/c1-2-3-4-11-16-22(24-17-18-12-7-5-8-13-18)20(23)21-19-14-9-6-10-15-19/h5-10,12-15H,2-4,11,16-17H2,1H3,(H,21,23). The smallest absolute Gasteiger partial charge is 0.306 e. The van der Waals surface area contributed by atoms with Crippen molar-refractivity contribution in [3.8, 4) is 0 Å². The minimum absolute atomic E-state index is 0.228. The number of para-hydroxylation sites is 1. The summed E-state index contributed by atoms with van der Waals surface area (Å²) in [6.07, 6.45) is 4.37. The minimum Gasteiger partial charge on any atom is -0.306 e. The molecule has 0 atom stereocenters. The third-order valence-electron chi connectivity index (χ3n) is 3.70. The third kappa shape index (κ3) is 6.42. The highest BCUT2D eigenvalue weighted by molar-refractivity contribution is 5.88. The predicted molar refractivity (Wildman–Crippen MR) is 97.5 cm³/mol. The molecule has 0 heterocycles. The highest BCUT2D eigenvalue weighted by atomic mass is 16.7. The molecule has 1 N–H and O–H groups in total. The Morgan fingerprint density at radius 3 is 2.29 bits per heavy atom. The molecule has 0 aliphatic carbocycles. The number of hydrogen-bond donors (Lipinski definition) is 1. The molecule has 0 aliphatic heterocycles. The van der Waals surface area contributed by atoms with Crippen LogP contribution in [-0.4, -0.2) is 17.6 Å². The van der Waals surface area contributed by atoms with Crippen LogP contribution < -0.4 is 5.32 Å². The molecule has 0 bridgehead atoms. The second kappa shape index (κ2) is 10.4. The Hall–Kier alpha value is -2.33. The first-order chi connectivity index (χ1) is 11.8. The summed E-state index contributed by atoms with van der Waals surface area (Å²) in [5, 5.41) is 4.32. The van der Waals surface area contributed by atoms with Gasteiger partial charge in [-0.2, -0.15) is 0 Å². The summed E-state index contributed by atoms with van der Waals surface area (Å²) in [5.74, 6) is 0. The molecular weight excluding hydrogens is 300 g/mol. The molecule has 0 unspecified atom stereocenters. The lowest BCUT2D eigenvalue weighted by molar-refractivity contribution is -0.125. The van der Waals surface area contributed by atoms with Crippen LogP contribution in [0.1, 0.15) is 38.2 Å². The Bertz CT molecular complexity index is 587. The van der Waals surface area contributed by atoms with Crippen LogP contribution in [0.15, 0.2) is 60.7 Å². The van der Waals surface area contributed by atoms with E-state index in [0.717, 1.165) is 24.1 Å². The Kier molecular flexibility index (Phi) is 7.84. The lowest BCUT2D eigenvalue weighted by Crippen LogP contribution is -2.35. The van der Waals surface area contributed by atoms with E-state index in [1.54, 1.807) is 0 Å². The van der Waals surface area contributed by atoms with Gasteiger partial charge in [0.25, 0.3) is 0 Å². The zero-order valence-corrected chi connectivity index (χ0v) is 14.3. The van der Waals surface area contributed by atoms with E-state index in [-0.39, 0.29) is 6.03 Å². The van der Waals surface area contributed by atoms with Gasteiger partial charge >= 0.3 is 6.03 Å². The lowest BCUT2D eigenvalue weighted by Gasteiger charge is -2.22. The molecule has 0 aromatic heterocycles. The molecule has 0 spiro atoms. The maximum absolute atomic E-state index is 12.5. The van der Waals surface area contributed by atoms with Crippen molar-refractivity contribution in [3.05, 3.63) is 66.2 Å². The average Bonchev–Trinajstić information content (AvgIpc) is 2.62. The summed E-state index contributed by atoms with van der Waals surface area (Å²) in [6, 6.07) is 19.1. The predicted octanol–water partition coefficient (Wildman–Crippen LogP) is 5.23. The van der Waals surface area contributed by atoms with Gasteiger partial charge in [0, 0.05) is 5.69 Å². The molecule has 0 fully saturated rings. The van der Waals surface area contributed by atoms with E-state index < -0.39 is 0 Å². The van der Waals surface area contributed by atoms with Gasteiger partial charge in [-0.3, -0.25) is 4.84 Å². The van der Waals surface area contributed by atoms with E-state index in [1.807, 2.05) is 60.7 Å². The number of nitrogens with one attached hydrogen (secondary N) is 1. The first kappa shape index (κ1) is 18.0. The SMILES string of the molecule is CCCCCCN(OCc1ccccc1)C(=O)Nc1ccccc1. The van der Waals surface area contributed by atoms with Crippen LogP contribution >= 0.6 is 0 Å². The minimum atomic E-state index is -0.228. The number of rotatable bonds is 9. The van der Waals surface area contributed by atoms with E-state index in [4.69, 9.17) is 4.84 Å². The monoisotopic (exact) mass is 326 g/mol. The van der Waals surface area contributed by atoms with Crippen LogP contribution in [0, 0.1) is 0 Å². The number of amides is 2. The first-order valence-electron chi connectivity index (χ1n) is 8.60. The zero-order valence-electron chi connectivity index (χ0n) is 14.3. The average molecular weight is 326 g/mol. The molecule has 2 aromatic carbocycles. The van der Waals surface area contributed by atoms with Gasteiger partial charge in [-0.05, 0) is 24.1 Å². The number of anilines is 1. The molecule has 2 rings (SSSR count). The van der Waals surface area contributed by atoms with E-state index in [2.05, 4.69) is 12.2 Å². The van der Waals surface area contributed by atoms with Gasteiger partial charge in [0.2, 0.25) is 0 Å². The third-order valence-corrected chi connectivity index (χ3v) is 3.70. The number of hydrogen-bond acceptors (Lipinski definition) is 2. The van der Waals surface area contributed by atoms with Gasteiger partial charge in [-0.1, -0.05) is 74.7 Å². The number of benzene rings is 2. The van der Waals surface area contributed by atoms with Crippen LogP contribution in [0.25, 0.3) is 0 Å². The normalized spacial score (nSPS) is 10.4. The van der Waals surface area contributed by atoms with E-state index in [9.17, 15) is 4.79 Å². The summed E-state index contributed by atoms with van der Waals surface area (Å²) in [7, 11) is 0. The second-order valence-corrected chi connectivity index (χ2v) is 5.72. The van der Waals surface area contributed by atoms with Crippen molar-refractivity contribution in [2.24, 2.45) is 0 Å². The van der Waals surface area contributed by atoms with Crippen LogP contribution in [0.3, 0.4) is 0 Å². The highest BCUT2D eigenvalue weighted by Crippen LogP contribution is 2.10. The zero-order chi connectivity index (χ0) is 17.0. The largest absolute Gasteiger partial charge is 0.345 e. The Labute approximate surface area is 144 Å². The Morgan fingerprint density at radius 2 is 1.62 bits per heavy atom. The van der Waals surface area contributed by atoms with Crippen LogP contribution in [0.4, 0.5) is 10.5 Å². The molecule has 2 aromatic rings. The summed E-state index contributed by atoms with van der Waals surface area (Å²) < 4.78 is 0. The molecule has 128 valence electrons. The van der Waals surface area contributed by atoms with Crippen LogP contribution in [0.5, 0.6) is 0 Å². The summed E-state index contributed by atoms with van der Waals surface area (Å²) in [5.41, 5.74) is 1.81. The highest BCUT2D eigenvalue weighted by Gasteiger charge is 2.14. The molecule has 0 saturated heterocycles. The maximum atomic E-state index is 12.5. The van der Waals surface area contributed by atoms with Gasteiger partial charge in [0.1, 0.15) is 6.61 Å². The van der Waals surface area contributed by atoms with Crippen LogP contribution in [0.2, 0.25) is 0 Å². The molecule has 2 amide bonds. The Morgan fingerprint density at radius 1 is 0.958 bits per heavy atom. The summed E-state index contributed by atoms with van der Waals surface area (Å²) in [4.78, 5) is 18.3. The lowest BCUT2D eigenvalue weighted by atomic mass is 10.2. The topological polar surface area (TPSA) is 41.6 Å². The van der Waals surface area contributed by atoms with E-state index >= 15 is 0 Å². The van der Waals surface area contributed by atoms with Crippen molar-refractivity contribution >= 4 is 11.7 Å². The number of urea groups is 1. The summed E-state index contributed by atoms with van der Waals surface area (Å²) in [6.45, 7) is 3.15. The summed E-state index contributed by atoms with van der Waals surface area (Å²) >= 11 is 0. The van der Waals surface area contributed by atoms with E-state index in [0.29, 0.717) is 13.2 Å². The fourth-order valence-corrected chi connectivity index (χ4v) is 2.34. The number of hydroxylamine groups is 2. The van der Waals surface area contributed by atoms with Crippen molar-refractivity contribution in [1.82, 2.24) is 5.06 Å². The van der Waals surface area contributed by atoms with Crippen LogP contribution in [-0.2, 0) is 11.4 Å². The number of carbonyl (C=O) groups excluding carboxylic acids is 1. The molecule has 0 saturated carbocycles. The van der Waals surface area contributed by atoms with Crippen molar-refractivity contribution < 1.29 is 9.63 Å². The van der Waals surface area contributed by atoms with Crippen molar-refractivity contribution in [2.75, 3.05) is 11.9 Å². The van der Waals surface area contributed by atoms with Crippen molar-refractivity contribution in [1.29, 1.82) is 0 Å². The quantitative estimate of drug-likeness (QED) is 0.506. The van der Waals surface area contributed by atoms with Crippen molar-refractivity contribution in [2.45, 2.75) is 39.2 Å². The molecule has 4 nitrogen and oxygen atoms in total. The Balaban J connectivity index is 1.91. The first-order valence-corrected chi connectivity index (χ1v) is 8.60. The van der Waals surface area contributed by atoms with Gasteiger partial charge < -0.3 is 5.32 Å². The number of carbonyl (C=O) groups is 1. The van der Waals surface area contributed by atoms with Gasteiger partial charge in [-0.15, -0.1) is 0 Å². The van der Waals surface area contributed by atoms with E-state index in [1.165, 1.54) is 17.9 Å². The molecule has 24 heavy (non-hydrogen) atoms. The van der Waals surface area contributed by atoms with Gasteiger partial charge in [0.15, 0.2) is 0 Å². The van der Waals surface area contributed by atoms with Gasteiger partial charge in [-0.25, -0.2) is 9.86 Å². The fraction of sp³-hybridized carbons (Fsp3) is 0.350. The second-order valence-electron chi connectivity index (χ2n) is 5.72.